The van der Waals surface area contributed by atoms with Gasteiger partial charge in [-0.3, -0.25) is 0 Å². The predicted molar refractivity (Wildman–Crippen MR) is 60.8 cm³/mol. The van der Waals surface area contributed by atoms with E-state index in [0.717, 1.165) is 18.4 Å². The van der Waals surface area contributed by atoms with Crippen LogP contribution in [0.25, 0.3) is 0 Å². The van der Waals surface area contributed by atoms with E-state index in [9.17, 15) is 0 Å². The van der Waals surface area contributed by atoms with E-state index in [-0.39, 0.29) is 0 Å². The van der Waals surface area contributed by atoms with Crippen molar-refractivity contribution in [2.45, 2.75) is 51.7 Å². The predicted octanol–water partition coefficient (Wildman–Crippen LogP) is 2.19. The smallest absolute Gasteiger partial charge is 0.0685 e. The van der Waals surface area contributed by atoms with E-state index in [1.54, 1.807) is 0 Å². The molecule has 86 valence electrons. The minimum Gasteiger partial charge on any atom is -0.377 e. The Kier molecular flexibility index (Phi) is 2.33. The van der Waals surface area contributed by atoms with Crippen LogP contribution in [0.4, 0.5) is 0 Å². The number of fused-ring (bicyclic) bond motifs is 1. The molecule has 0 aromatic rings. The van der Waals surface area contributed by atoms with Gasteiger partial charge in [0, 0.05) is 24.0 Å². The van der Waals surface area contributed by atoms with Crippen LogP contribution >= 0.6 is 0 Å². The van der Waals surface area contributed by atoms with E-state index in [0.29, 0.717) is 17.6 Å². The Hall–Kier alpha value is -0.0800. The molecule has 1 N–H and O–H groups in total. The van der Waals surface area contributed by atoms with Crippen molar-refractivity contribution < 1.29 is 4.74 Å². The fraction of sp³-hybridized carbons (Fsp3) is 1.00. The van der Waals surface area contributed by atoms with Crippen molar-refractivity contribution in [2.24, 2.45) is 17.3 Å². The molecular formula is C13H23NO. The molecule has 2 heteroatoms. The van der Waals surface area contributed by atoms with E-state index in [1.165, 1.54) is 32.2 Å². The van der Waals surface area contributed by atoms with E-state index in [4.69, 9.17) is 4.74 Å². The second kappa shape index (κ2) is 3.46. The summed E-state index contributed by atoms with van der Waals surface area (Å²) in [6.07, 6.45) is 6.16. The van der Waals surface area contributed by atoms with Gasteiger partial charge in [0.25, 0.3) is 0 Å². The van der Waals surface area contributed by atoms with Crippen LogP contribution in [0, 0.1) is 17.3 Å². The Morgan fingerprint density at radius 2 is 2.07 bits per heavy atom. The largest absolute Gasteiger partial charge is 0.377 e. The minimum atomic E-state index is 0.366. The molecule has 0 aromatic carbocycles. The molecule has 3 aliphatic rings. The summed E-state index contributed by atoms with van der Waals surface area (Å²) in [6, 6.07) is 0.714. The van der Waals surface area contributed by atoms with Gasteiger partial charge in [0.1, 0.15) is 0 Å². The lowest BCUT2D eigenvalue weighted by molar-refractivity contribution is -0.113. The second-order valence-corrected chi connectivity index (χ2v) is 6.25. The van der Waals surface area contributed by atoms with Crippen molar-refractivity contribution in [2.75, 3.05) is 13.2 Å². The summed E-state index contributed by atoms with van der Waals surface area (Å²) >= 11 is 0. The van der Waals surface area contributed by atoms with Crippen molar-refractivity contribution in [1.82, 2.24) is 5.32 Å². The molecule has 1 aliphatic heterocycles. The number of hydrogen-bond acceptors (Lipinski definition) is 2. The molecule has 0 spiro atoms. The Labute approximate surface area is 92.8 Å². The third kappa shape index (κ3) is 1.45. The molecule has 3 rings (SSSR count). The minimum absolute atomic E-state index is 0.366. The van der Waals surface area contributed by atoms with E-state index < -0.39 is 0 Å². The molecule has 2 saturated carbocycles. The highest BCUT2D eigenvalue weighted by atomic mass is 16.5. The molecular weight excluding hydrogens is 186 g/mol. The highest BCUT2D eigenvalue weighted by Crippen LogP contribution is 2.52. The normalized spacial score (nSPS) is 43.2. The molecule has 2 aliphatic carbocycles. The van der Waals surface area contributed by atoms with Gasteiger partial charge in [-0.15, -0.1) is 0 Å². The van der Waals surface area contributed by atoms with E-state index in [2.05, 4.69) is 19.2 Å². The van der Waals surface area contributed by atoms with Crippen LogP contribution in [0.3, 0.4) is 0 Å². The zero-order chi connectivity index (χ0) is 10.5. The molecule has 3 fully saturated rings. The molecule has 2 nitrogen and oxygen atoms in total. The molecule has 1 heterocycles. The van der Waals surface area contributed by atoms with Gasteiger partial charge in [-0.05, 0) is 31.7 Å². The van der Waals surface area contributed by atoms with Crippen molar-refractivity contribution in [3.63, 3.8) is 0 Å². The molecule has 0 bridgehead atoms. The average Bonchev–Trinajstić information content (AvgIpc) is 2.55. The van der Waals surface area contributed by atoms with Gasteiger partial charge in [-0.2, -0.15) is 0 Å². The Morgan fingerprint density at radius 3 is 2.73 bits per heavy atom. The van der Waals surface area contributed by atoms with Crippen molar-refractivity contribution in [1.29, 1.82) is 0 Å². The summed E-state index contributed by atoms with van der Waals surface area (Å²) in [5.41, 5.74) is 0.366. The summed E-state index contributed by atoms with van der Waals surface area (Å²) in [5, 5.41) is 3.80. The highest BCUT2D eigenvalue weighted by Gasteiger charge is 2.58. The van der Waals surface area contributed by atoms with Crippen LogP contribution < -0.4 is 5.32 Å². The zero-order valence-electron chi connectivity index (χ0n) is 9.96. The number of nitrogens with one attached hydrogen (secondary N) is 1. The van der Waals surface area contributed by atoms with Gasteiger partial charge in [0.2, 0.25) is 0 Å². The Morgan fingerprint density at radius 1 is 1.27 bits per heavy atom. The number of hydrogen-bond donors (Lipinski definition) is 1. The first-order chi connectivity index (χ1) is 7.19. The molecule has 3 unspecified atom stereocenters. The van der Waals surface area contributed by atoms with Gasteiger partial charge in [-0.1, -0.05) is 20.3 Å². The summed E-state index contributed by atoms with van der Waals surface area (Å²) in [5.74, 6) is 1.78. The van der Waals surface area contributed by atoms with Crippen LogP contribution in [0.2, 0.25) is 0 Å². The van der Waals surface area contributed by atoms with Gasteiger partial charge < -0.3 is 10.1 Å². The molecule has 0 radical (unpaired) electrons. The summed E-state index contributed by atoms with van der Waals surface area (Å²) < 4.78 is 5.80. The lowest BCUT2D eigenvalue weighted by Crippen LogP contribution is -2.66. The van der Waals surface area contributed by atoms with Gasteiger partial charge in [0.15, 0.2) is 0 Å². The lowest BCUT2D eigenvalue weighted by Gasteiger charge is -2.55. The molecule has 1 saturated heterocycles. The second-order valence-electron chi connectivity index (χ2n) is 6.25. The van der Waals surface area contributed by atoms with Gasteiger partial charge >= 0.3 is 0 Å². The topological polar surface area (TPSA) is 21.3 Å². The molecule has 0 amide bonds. The molecule has 0 aromatic heterocycles. The average molecular weight is 209 g/mol. The maximum atomic E-state index is 5.80. The van der Waals surface area contributed by atoms with E-state index in [1.807, 2.05) is 0 Å². The zero-order valence-corrected chi connectivity index (χ0v) is 9.96. The summed E-state index contributed by atoms with van der Waals surface area (Å²) in [7, 11) is 0. The van der Waals surface area contributed by atoms with Crippen molar-refractivity contribution >= 4 is 0 Å². The Bertz CT molecular complexity index is 247. The highest BCUT2D eigenvalue weighted by molar-refractivity contribution is 5.11. The van der Waals surface area contributed by atoms with Gasteiger partial charge in [-0.25, -0.2) is 0 Å². The third-order valence-electron chi connectivity index (χ3n) is 4.95. The summed E-state index contributed by atoms with van der Waals surface area (Å²) in [4.78, 5) is 0. The van der Waals surface area contributed by atoms with Crippen LogP contribution in [0.5, 0.6) is 0 Å². The fourth-order valence-electron chi connectivity index (χ4n) is 3.73. The SMILES string of the molecule is CC1(C)C(NCC2CCC2)C2CCOC21. The van der Waals surface area contributed by atoms with Crippen LogP contribution in [-0.4, -0.2) is 25.3 Å². The quantitative estimate of drug-likeness (QED) is 0.769. The number of ether oxygens (including phenoxy) is 1. The summed E-state index contributed by atoms with van der Waals surface area (Å²) in [6.45, 7) is 6.95. The van der Waals surface area contributed by atoms with Crippen molar-refractivity contribution in [3.05, 3.63) is 0 Å². The molecule has 3 atom stereocenters. The van der Waals surface area contributed by atoms with Crippen molar-refractivity contribution in [3.8, 4) is 0 Å². The first-order valence-corrected chi connectivity index (χ1v) is 6.54. The monoisotopic (exact) mass is 209 g/mol. The van der Waals surface area contributed by atoms with E-state index >= 15 is 0 Å². The Balaban J connectivity index is 1.56. The lowest BCUT2D eigenvalue weighted by atomic mass is 9.57. The maximum absolute atomic E-state index is 5.80. The number of rotatable bonds is 3. The first kappa shape index (κ1) is 10.1. The first-order valence-electron chi connectivity index (χ1n) is 6.54. The standard InChI is InChI=1S/C13H23NO/c1-13(2)11(10-6-7-15-12(10)13)14-8-9-4-3-5-9/h9-12,14H,3-8H2,1-2H3. The third-order valence-corrected chi connectivity index (χ3v) is 4.95. The van der Waals surface area contributed by atoms with Gasteiger partial charge in [0.05, 0.1) is 6.10 Å². The van der Waals surface area contributed by atoms with Crippen LogP contribution in [-0.2, 0) is 4.74 Å². The maximum Gasteiger partial charge on any atom is 0.0685 e. The fourth-order valence-corrected chi connectivity index (χ4v) is 3.73. The molecule has 15 heavy (non-hydrogen) atoms. The van der Waals surface area contributed by atoms with Crippen LogP contribution in [0.15, 0.2) is 0 Å². The van der Waals surface area contributed by atoms with Crippen LogP contribution in [0.1, 0.15) is 39.5 Å².